The van der Waals surface area contributed by atoms with Gasteiger partial charge in [0.1, 0.15) is 0 Å². The Labute approximate surface area is 75.2 Å². The predicted molar refractivity (Wildman–Crippen MR) is 49.9 cm³/mol. The van der Waals surface area contributed by atoms with Crippen molar-refractivity contribution >= 4 is 0 Å². The fraction of sp³-hybridized carbons (Fsp3) is 1.00. The van der Waals surface area contributed by atoms with Gasteiger partial charge >= 0.3 is 0 Å². The highest BCUT2D eigenvalue weighted by molar-refractivity contribution is 4.96. The van der Waals surface area contributed by atoms with Gasteiger partial charge in [-0.05, 0) is 42.9 Å². The molecule has 0 heterocycles. The zero-order valence-corrected chi connectivity index (χ0v) is 8.21. The van der Waals surface area contributed by atoms with Crippen LogP contribution in [0.2, 0.25) is 0 Å². The van der Waals surface area contributed by atoms with Gasteiger partial charge in [0.2, 0.25) is 0 Å². The summed E-state index contributed by atoms with van der Waals surface area (Å²) in [5.41, 5.74) is 0.413. The molecule has 0 saturated heterocycles. The molecule has 3 atom stereocenters. The Bertz CT molecular complexity index is 174. The van der Waals surface area contributed by atoms with E-state index in [4.69, 9.17) is 0 Å². The van der Waals surface area contributed by atoms with Crippen LogP contribution < -0.4 is 0 Å². The summed E-state index contributed by atoms with van der Waals surface area (Å²) in [5.74, 6) is 1.48. The van der Waals surface area contributed by atoms with Crippen LogP contribution in [0.5, 0.6) is 0 Å². The van der Waals surface area contributed by atoms with E-state index in [1.807, 2.05) is 0 Å². The molecule has 1 nitrogen and oxygen atoms in total. The number of fused-ring (bicyclic) bond motifs is 2. The summed E-state index contributed by atoms with van der Waals surface area (Å²) in [6.07, 6.45) is 6.25. The molecule has 0 amide bonds. The van der Waals surface area contributed by atoms with E-state index in [1.54, 1.807) is 0 Å². The maximum Gasteiger partial charge on any atom is 0.0573 e. The lowest BCUT2D eigenvalue weighted by atomic mass is 9.74. The van der Waals surface area contributed by atoms with Crippen LogP contribution in [0.15, 0.2) is 0 Å². The molecule has 0 aromatic heterocycles. The zero-order valence-electron chi connectivity index (χ0n) is 8.21. The first-order valence-electron chi connectivity index (χ1n) is 5.30. The van der Waals surface area contributed by atoms with Crippen LogP contribution in [-0.4, -0.2) is 11.2 Å². The lowest BCUT2D eigenvalue weighted by Crippen LogP contribution is -2.30. The lowest BCUT2D eigenvalue weighted by molar-refractivity contribution is 0.0474. The highest BCUT2D eigenvalue weighted by Gasteiger charge is 2.47. The van der Waals surface area contributed by atoms with Gasteiger partial charge in [-0.25, -0.2) is 0 Å². The molecule has 2 aliphatic carbocycles. The normalized spacial score (nSPS) is 45.8. The minimum Gasteiger partial charge on any atom is -0.393 e. The highest BCUT2D eigenvalue weighted by atomic mass is 16.3. The van der Waals surface area contributed by atoms with Crippen LogP contribution >= 0.6 is 0 Å². The molecular weight excluding hydrogens is 148 g/mol. The molecule has 0 aromatic carbocycles. The number of hydrogen-bond acceptors (Lipinski definition) is 1. The molecule has 1 N–H and O–H groups in total. The average Bonchev–Trinajstić information content (AvgIpc) is 2.18. The zero-order chi connectivity index (χ0) is 8.77. The van der Waals surface area contributed by atoms with E-state index in [1.165, 1.54) is 25.7 Å². The van der Waals surface area contributed by atoms with E-state index in [-0.39, 0.29) is 6.10 Å². The molecule has 1 heteroatoms. The number of aliphatic hydroxyl groups excluding tert-OH is 1. The summed E-state index contributed by atoms with van der Waals surface area (Å²) in [5, 5.41) is 9.91. The van der Waals surface area contributed by atoms with E-state index in [0.29, 0.717) is 11.3 Å². The molecule has 2 saturated carbocycles. The Balaban J connectivity index is 2.24. The van der Waals surface area contributed by atoms with E-state index in [2.05, 4.69) is 13.8 Å². The van der Waals surface area contributed by atoms with Gasteiger partial charge in [0.25, 0.3) is 0 Å². The van der Waals surface area contributed by atoms with Crippen LogP contribution in [0.25, 0.3) is 0 Å². The van der Waals surface area contributed by atoms with Crippen molar-refractivity contribution in [2.75, 3.05) is 0 Å². The van der Waals surface area contributed by atoms with E-state index >= 15 is 0 Å². The third-order valence-corrected chi connectivity index (χ3v) is 4.35. The van der Waals surface area contributed by atoms with Gasteiger partial charge in [0.05, 0.1) is 6.10 Å². The van der Waals surface area contributed by atoms with E-state index < -0.39 is 0 Å². The smallest absolute Gasteiger partial charge is 0.0573 e. The Kier molecular flexibility index (Phi) is 1.95. The summed E-state index contributed by atoms with van der Waals surface area (Å²) in [6, 6.07) is 0. The van der Waals surface area contributed by atoms with Crippen molar-refractivity contribution < 1.29 is 5.11 Å². The second-order valence-corrected chi connectivity index (χ2v) is 5.20. The number of aliphatic hydroxyl groups is 1. The molecule has 70 valence electrons. The van der Waals surface area contributed by atoms with Crippen LogP contribution in [0.4, 0.5) is 0 Å². The summed E-state index contributed by atoms with van der Waals surface area (Å²) < 4.78 is 0. The first-order valence-corrected chi connectivity index (χ1v) is 5.30. The predicted octanol–water partition coefficient (Wildman–Crippen LogP) is 2.58. The molecule has 2 fully saturated rings. The first-order chi connectivity index (χ1) is 5.62. The Morgan fingerprint density at radius 3 is 2.58 bits per heavy atom. The van der Waals surface area contributed by atoms with Crippen LogP contribution in [0.3, 0.4) is 0 Å². The highest BCUT2D eigenvalue weighted by Crippen LogP contribution is 2.53. The minimum atomic E-state index is -0.00694. The van der Waals surface area contributed by atoms with Crippen LogP contribution in [-0.2, 0) is 0 Å². The van der Waals surface area contributed by atoms with Gasteiger partial charge in [0.15, 0.2) is 0 Å². The molecule has 2 bridgehead atoms. The van der Waals surface area contributed by atoms with Gasteiger partial charge in [-0.1, -0.05) is 20.3 Å². The Hall–Kier alpha value is -0.0400. The first kappa shape index (κ1) is 8.55. The topological polar surface area (TPSA) is 20.2 Å². The van der Waals surface area contributed by atoms with Gasteiger partial charge in [-0.15, -0.1) is 0 Å². The van der Waals surface area contributed by atoms with Gasteiger partial charge in [-0.3, -0.25) is 0 Å². The maximum absolute atomic E-state index is 9.91. The molecule has 12 heavy (non-hydrogen) atoms. The van der Waals surface area contributed by atoms with Crippen molar-refractivity contribution in [3.63, 3.8) is 0 Å². The molecule has 3 unspecified atom stereocenters. The second-order valence-electron chi connectivity index (χ2n) is 5.20. The number of rotatable bonds is 0. The molecule has 2 rings (SSSR count). The molecule has 0 radical (unpaired) electrons. The summed E-state index contributed by atoms with van der Waals surface area (Å²) in [4.78, 5) is 0. The van der Waals surface area contributed by atoms with Gasteiger partial charge < -0.3 is 5.11 Å². The van der Waals surface area contributed by atoms with Crippen molar-refractivity contribution in [3.8, 4) is 0 Å². The molecule has 0 aliphatic heterocycles. The van der Waals surface area contributed by atoms with Crippen molar-refractivity contribution in [2.45, 2.75) is 52.1 Å². The third kappa shape index (κ3) is 1.10. The fourth-order valence-electron chi connectivity index (χ4n) is 3.41. The quantitative estimate of drug-likeness (QED) is 0.589. The van der Waals surface area contributed by atoms with Gasteiger partial charge in [0, 0.05) is 0 Å². The Morgan fingerprint density at radius 1 is 1.08 bits per heavy atom. The SMILES string of the molecule is CC1(C)C2CCCC(O)C1CC2. The standard InChI is InChI=1S/C11H20O/c1-11(2)8-4-3-5-10(12)9(11)7-6-8/h8-10,12H,3-7H2,1-2H3. The minimum absolute atomic E-state index is 0.00694. The molecule has 2 aliphatic rings. The van der Waals surface area contributed by atoms with Crippen LogP contribution in [0.1, 0.15) is 46.0 Å². The van der Waals surface area contributed by atoms with E-state index in [0.717, 1.165) is 12.3 Å². The lowest BCUT2D eigenvalue weighted by Gasteiger charge is -2.32. The monoisotopic (exact) mass is 168 g/mol. The van der Waals surface area contributed by atoms with Gasteiger partial charge in [-0.2, -0.15) is 0 Å². The third-order valence-electron chi connectivity index (χ3n) is 4.35. The maximum atomic E-state index is 9.91. The molecular formula is C11H20O. The number of hydrogen-bond donors (Lipinski definition) is 1. The van der Waals surface area contributed by atoms with Crippen molar-refractivity contribution in [1.29, 1.82) is 0 Å². The fourth-order valence-corrected chi connectivity index (χ4v) is 3.41. The largest absolute Gasteiger partial charge is 0.393 e. The van der Waals surface area contributed by atoms with Crippen molar-refractivity contribution in [1.82, 2.24) is 0 Å². The van der Waals surface area contributed by atoms with Crippen molar-refractivity contribution in [3.05, 3.63) is 0 Å². The summed E-state index contributed by atoms with van der Waals surface area (Å²) in [6.45, 7) is 4.70. The summed E-state index contributed by atoms with van der Waals surface area (Å²) in [7, 11) is 0. The molecule has 0 aromatic rings. The average molecular weight is 168 g/mol. The second kappa shape index (κ2) is 2.73. The Morgan fingerprint density at radius 2 is 1.83 bits per heavy atom. The van der Waals surface area contributed by atoms with Crippen molar-refractivity contribution in [2.24, 2.45) is 17.3 Å². The molecule has 0 spiro atoms. The summed E-state index contributed by atoms with van der Waals surface area (Å²) >= 11 is 0. The van der Waals surface area contributed by atoms with E-state index in [9.17, 15) is 5.11 Å². The van der Waals surface area contributed by atoms with Crippen LogP contribution in [0, 0.1) is 17.3 Å².